The van der Waals surface area contributed by atoms with Crippen molar-refractivity contribution < 1.29 is 19.7 Å². The van der Waals surface area contributed by atoms with E-state index in [1.807, 2.05) is 4.98 Å². The Labute approximate surface area is 126 Å². The van der Waals surface area contributed by atoms with Crippen LogP contribution in [0, 0.1) is 5.92 Å². The van der Waals surface area contributed by atoms with Gasteiger partial charge in [-0.3, -0.25) is 14.3 Å². The maximum Gasteiger partial charge on any atom is 0.328 e. The third-order valence-corrected chi connectivity index (χ3v) is 3.91. The van der Waals surface area contributed by atoms with Crippen LogP contribution in [0.25, 0.3) is 6.08 Å². The number of halogens is 2. The van der Waals surface area contributed by atoms with E-state index >= 15 is 0 Å². The number of aromatic amines is 1. The van der Waals surface area contributed by atoms with Gasteiger partial charge in [0.25, 0.3) is 5.56 Å². The molecule has 1 heterocycles. The normalized spacial score (nSPS) is 32.9. The van der Waals surface area contributed by atoms with Gasteiger partial charge in [-0.1, -0.05) is 15.9 Å². The molecule has 4 N–H and O–H groups in total. The maximum atomic E-state index is 14.3. The summed E-state index contributed by atoms with van der Waals surface area (Å²) < 4.78 is 15.1. The summed E-state index contributed by atoms with van der Waals surface area (Å²) in [6.07, 6.45) is -2.44. The molecule has 0 amide bonds. The first-order valence-electron chi connectivity index (χ1n) is 6.15. The van der Waals surface area contributed by atoms with Crippen LogP contribution in [-0.4, -0.2) is 49.9 Å². The molecule has 9 heteroatoms. The Morgan fingerprint density at radius 3 is 2.57 bits per heavy atom. The lowest BCUT2D eigenvalue weighted by molar-refractivity contribution is -0.00561. The highest BCUT2D eigenvalue weighted by atomic mass is 79.9. The summed E-state index contributed by atoms with van der Waals surface area (Å²) in [5.74, 6) is -1.20. The number of aromatic nitrogens is 2. The van der Waals surface area contributed by atoms with Gasteiger partial charge in [0.2, 0.25) is 0 Å². The van der Waals surface area contributed by atoms with Crippen LogP contribution in [0.5, 0.6) is 0 Å². The number of hydrogen-bond acceptors (Lipinski definition) is 5. The Morgan fingerprint density at radius 2 is 2.05 bits per heavy atom. The molecule has 0 radical (unpaired) electrons. The molecule has 1 aromatic heterocycles. The van der Waals surface area contributed by atoms with Crippen LogP contribution >= 0.6 is 15.9 Å². The van der Waals surface area contributed by atoms with Crippen LogP contribution in [0.2, 0.25) is 0 Å². The van der Waals surface area contributed by atoms with Crippen LogP contribution in [0.4, 0.5) is 4.39 Å². The van der Waals surface area contributed by atoms with E-state index in [2.05, 4.69) is 15.9 Å². The van der Waals surface area contributed by atoms with E-state index in [4.69, 9.17) is 5.11 Å². The molecule has 116 valence electrons. The summed E-state index contributed by atoms with van der Waals surface area (Å²) in [5.41, 5.74) is -1.48. The van der Waals surface area contributed by atoms with Gasteiger partial charge in [0.05, 0.1) is 24.3 Å². The Bertz CT molecular complexity index is 658. The molecule has 1 aliphatic carbocycles. The Kier molecular flexibility index (Phi) is 4.77. The molecule has 1 saturated carbocycles. The fourth-order valence-electron chi connectivity index (χ4n) is 2.52. The number of alkyl halides is 1. The number of hydrogen-bond donors (Lipinski definition) is 4. The number of nitrogens with one attached hydrogen (secondary N) is 1. The van der Waals surface area contributed by atoms with E-state index in [9.17, 15) is 24.2 Å². The van der Waals surface area contributed by atoms with Crippen LogP contribution in [0.3, 0.4) is 0 Å². The summed E-state index contributed by atoms with van der Waals surface area (Å²) in [6.45, 7) is -0.665. The van der Waals surface area contributed by atoms with Crippen molar-refractivity contribution in [3.05, 3.63) is 37.6 Å². The topological polar surface area (TPSA) is 116 Å². The van der Waals surface area contributed by atoms with Gasteiger partial charge in [0, 0.05) is 12.1 Å². The summed E-state index contributed by atoms with van der Waals surface area (Å²) in [7, 11) is 0. The summed E-state index contributed by atoms with van der Waals surface area (Å²) >= 11 is 2.98. The lowest BCUT2D eigenvalue weighted by Gasteiger charge is -2.20. The van der Waals surface area contributed by atoms with Crippen molar-refractivity contribution in [2.24, 2.45) is 5.92 Å². The minimum Gasteiger partial charge on any atom is -0.396 e. The molecule has 1 aromatic rings. The first-order valence-corrected chi connectivity index (χ1v) is 7.07. The first-order chi connectivity index (χ1) is 9.92. The standard InChI is InChI=1S/C12H14BrFN2O5/c13-2-1-5-3-16(12(21)15-11(5)20)8-7(14)6(4-17)9(18)10(8)19/h1-3,6-10,17-19H,4H2,(H,15,20,21)/b2-1+/t6-,7-,8+,9?,10?/m1/s1. The third kappa shape index (κ3) is 2.73. The second-order valence-electron chi connectivity index (χ2n) is 4.81. The fourth-order valence-corrected chi connectivity index (χ4v) is 2.81. The molecule has 0 aliphatic heterocycles. The number of aliphatic hydroxyl groups is 3. The van der Waals surface area contributed by atoms with Crippen LogP contribution in [0.1, 0.15) is 11.6 Å². The van der Waals surface area contributed by atoms with Crippen molar-refractivity contribution in [1.82, 2.24) is 9.55 Å². The zero-order valence-corrected chi connectivity index (χ0v) is 12.3. The molecule has 5 atom stereocenters. The lowest BCUT2D eigenvalue weighted by atomic mass is 10.1. The first kappa shape index (κ1) is 16.1. The second-order valence-corrected chi connectivity index (χ2v) is 5.33. The number of nitrogens with zero attached hydrogens (tertiary/aromatic N) is 1. The van der Waals surface area contributed by atoms with E-state index in [-0.39, 0.29) is 5.56 Å². The van der Waals surface area contributed by atoms with Gasteiger partial charge in [-0.2, -0.15) is 0 Å². The van der Waals surface area contributed by atoms with Crippen LogP contribution in [-0.2, 0) is 0 Å². The highest BCUT2D eigenvalue weighted by molar-refractivity contribution is 9.11. The minimum atomic E-state index is -1.83. The molecule has 7 nitrogen and oxygen atoms in total. The van der Waals surface area contributed by atoms with Gasteiger partial charge < -0.3 is 15.3 Å². The van der Waals surface area contributed by atoms with Gasteiger partial charge in [-0.15, -0.1) is 0 Å². The van der Waals surface area contributed by atoms with Crippen molar-refractivity contribution in [2.75, 3.05) is 6.61 Å². The predicted molar refractivity (Wildman–Crippen MR) is 75.8 cm³/mol. The van der Waals surface area contributed by atoms with Crippen molar-refractivity contribution in [3.8, 4) is 0 Å². The van der Waals surface area contributed by atoms with Crippen LogP contribution < -0.4 is 11.2 Å². The average molecular weight is 365 g/mol. The quantitative estimate of drug-likeness (QED) is 0.556. The molecule has 2 rings (SSSR count). The smallest absolute Gasteiger partial charge is 0.328 e. The monoisotopic (exact) mass is 364 g/mol. The Morgan fingerprint density at radius 1 is 1.38 bits per heavy atom. The van der Waals surface area contributed by atoms with E-state index in [0.29, 0.717) is 0 Å². The maximum absolute atomic E-state index is 14.3. The van der Waals surface area contributed by atoms with Crippen molar-refractivity contribution in [1.29, 1.82) is 0 Å². The molecular formula is C12H14BrFN2O5. The molecule has 0 saturated heterocycles. The zero-order chi connectivity index (χ0) is 15.7. The van der Waals surface area contributed by atoms with Gasteiger partial charge in [-0.25, -0.2) is 9.18 Å². The van der Waals surface area contributed by atoms with E-state index in [0.717, 1.165) is 10.8 Å². The zero-order valence-electron chi connectivity index (χ0n) is 10.7. The molecule has 2 unspecified atom stereocenters. The SMILES string of the molecule is O=c1[nH]c(=O)n([C@@H]2C(O)C(O)[C@H](CO)[C@H]2F)cc1/C=C/Br. The van der Waals surface area contributed by atoms with Gasteiger partial charge in [0.15, 0.2) is 0 Å². The van der Waals surface area contributed by atoms with Crippen molar-refractivity contribution >= 4 is 22.0 Å². The number of H-pyrrole nitrogens is 1. The summed E-state index contributed by atoms with van der Waals surface area (Å²) in [6, 6.07) is -1.39. The predicted octanol–water partition coefficient (Wildman–Crippen LogP) is -0.875. The van der Waals surface area contributed by atoms with Crippen LogP contribution in [0.15, 0.2) is 20.8 Å². The molecule has 21 heavy (non-hydrogen) atoms. The van der Waals surface area contributed by atoms with E-state index in [1.54, 1.807) is 0 Å². The molecule has 1 aliphatic rings. The summed E-state index contributed by atoms with van der Waals surface area (Å²) in [5, 5.41) is 28.7. The van der Waals surface area contributed by atoms with Gasteiger partial charge in [-0.05, 0) is 11.1 Å². The van der Waals surface area contributed by atoms with E-state index < -0.39 is 48.2 Å². The number of aliphatic hydroxyl groups excluding tert-OH is 3. The minimum absolute atomic E-state index is 0.0767. The molecule has 0 bridgehead atoms. The van der Waals surface area contributed by atoms with Crippen molar-refractivity contribution in [3.63, 3.8) is 0 Å². The Hall–Kier alpha value is -1.29. The molecular weight excluding hydrogens is 351 g/mol. The summed E-state index contributed by atoms with van der Waals surface area (Å²) in [4.78, 5) is 26.8. The van der Waals surface area contributed by atoms with Gasteiger partial charge in [0.1, 0.15) is 12.3 Å². The van der Waals surface area contributed by atoms with E-state index in [1.165, 1.54) is 11.1 Å². The fraction of sp³-hybridized carbons (Fsp3) is 0.500. The lowest BCUT2D eigenvalue weighted by Crippen LogP contribution is -2.39. The third-order valence-electron chi connectivity index (χ3n) is 3.64. The highest BCUT2D eigenvalue weighted by Gasteiger charge is 2.51. The van der Waals surface area contributed by atoms with Crippen molar-refractivity contribution in [2.45, 2.75) is 24.4 Å². The Balaban J connectivity index is 2.54. The highest BCUT2D eigenvalue weighted by Crippen LogP contribution is 2.37. The largest absolute Gasteiger partial charge is 0.396 e. The number of rotatable bonds is 3. The average Bonchev–Trinajstić information content (AvgIpc) is 2.64. The van der Waals surface area contributed by atoms with Gasteiger partial charge >= 0.3 is 5.69 Å². The molecule has 1 fully saturated rings. The molecule has 0 aromatic carbocycles. The molecule has 0 spiro atoms. The second kappa shape index (κ2) is 6.22.